The van der Waals surface area contributed by atoms with E-state index in [1.807, 2.05) is 49.5 Å². The molecule has 5 nitrogen and oxygen atoms in total. The van der Waals surface area contributed by atoms with Crippen LogP contribution in [0.2, 0.25) is 0 Å². The Morgan fingerprint density at radius 3 is 2.34 bits per heavy atom. The second-order valence-electron chi connectivity index (χ2n) is 7.23. The number of esters is 1. The highest BCUT2D eigenvalue weighted by Crippen LogP contribution is 2.40. The van der Waals surface area contributed by atoms with Gasteiger partial charge >= 0.3 is 5.97 Å². The van der Waals surface area contributed by atoms with Gasteiger partial charge in [0.15, 0.2) is 5.71 Å². The third-order valence-electron chi connectivity index (χ3n) is 5.32. The lowest BCUT2D eigenvalue weighted by atomic mass is 9.81. The van der Waals surface area contributed by atoms with Crippen molar-refractivity contribution in [3.63, 3.8) is 0 Å². The van der Waals surface area contributed by atoms with Crippen molar-refractivity contribution in [1.82, 2.24) is 0 Å². The molecule has 0 radical (unpaired) electrons. The molecule has 0 saturated carbocycles. The molecule has 29 heavy (non-hydrogen) atoms. The summed E-state index contributed by atoms with van der Waals surface area (Å²) in [5.41, 5.74) is 4.62. The van der Waals surface area contributed by atoms with E-state index in [-0.39, 0.29) is 35.4 Å². The molecule has 0 unspecified atom stereocenters. The summed E-state index contributed by atoms with van der Waals surface area (Å²) in [5.74, 6) is 1.17. The molecule has 6 heteroatoms. The molecule has 0 atom stereocenters. The normalized spacial score (nSPS) is 14.4. The van der Waals surface area contributed by atoms with Gasteiger partial charge < -0.3 is 38.2 Å². The van der Waals surface area contributed by atoms with Gasteiger partial charge in [0.1, 0.15) is 18.5 Å². The van der Waals surface area contributed by atoms with Gasteiger partial charge in [-0.3, -0.25) is 0 Å². The topological polar surface area (TPSA) is 47.8 Å². The van der Waals surface area contributed by atoms with Crippen LogP contribution in [0.3, 0.4) is 0 Å². The molecule has 2 aromatic carbocycles. The van der Waals surface area contributed by atoms with Crippen molar-refractivity contribution in [2.24, 2.45) is 0 Å². The molecule has 0 N–H and O–H groups in total. The van der Waals surface area contributed by atoms with Crippen LogP contribution in [0.5, 0.6) is 11.5 Å². The van der Waals surface area contributed by atoms with E-state index < -0.39 is 0 Å². The Bertz CT molecular complexity index is 992. The van der Waals surface area contributed by atoms with Crippen LogP contribution in [-0.2, 0) is 10.2 Å². The predicted octanol–water partition coefficient (Wildman–Crippen LogP) is 1.21. The zero-order valence-corrected chi connectivity index (χ0v) is 19.7. The van der Waals surface area contributed by atoms with E-state index in [0.717, 1.165) is 28.5 Å². The van der Waals surface area contributed by atoms with E-state index in [1.54, 1.807) is 14.2 Å². The maximum Gasteiger partial charge on any atom is 0.338 e. The van der Waals surface area contributed by atoms with E-state index in [4.69, 9.17) is 14.2 Å². The summed E-state index contributed by atoms with van der Waals surface area (Å²) in [6, 6.07) is 11.5. The number of methoxy groups -OCH3 is 3. The lowest BCUT2D eigenvalue weighted by molar-refractivity contribution is -0.401. The van der Waals surface area contributed by atoms with Crippen LogP contribution in [0.25, 0.3) is 6.08 Å². The van der Waals surface area contributed by atoms with Gasteiger partial charge in [-0.1, -0.05) is 6.07 Å². The lowest BCUT2D eigenvalue weighted by Crippen LogP contribution is -3.00. The molecular formula is C23H26INO4. The lowest BCUT2D eigenvalue weighted by Gasteiger charge is -2.15. The molecule has 0 aliphatic carbocycles. The van der Waals surface area contributed by atoms with Crippen LogP contribution in [0.4, 0.5) is 5.69 Å². The minimum absolute atomic E-state index is 0. The van der Waals surface area contributed by atoms with Crippen molar-refractivity contribution in [3.8, 4) is 11.5 Å². The van der Waals surface area contributed by atoms with Gasteiger partial charge in [0, 0.05) is 29.3 Å². The van der Waals surface area contributed by atoms with E-state index in [2.05, 4.69) is 24.5 Å². The Kier molecular flexibility index (Phi) is 7.11. The number of rotatable bonds is 5. The maximum atomic E-state index is 11.9. The number of nitrogens with zero attached hydrogens (tertiary/aromatic N) is 1. The Labute approximate surface area is 189 Å². The van der Waals surface area contributed by atoms with E-state index >= 15 is 0 Å². The second-order valence-corrected chi connectivity index (χ2v) is 7.23. The molecule has 1 aliphatic heterocycles. The fraction of sp³-hybridized carbons (Fsp3) is 0.304. The summed E-state index contributed by atoms with van der Waals surface area (Å²) in [6.45, 7) is 4.36. The van der Waals surface area contributed by atoms with Gasteiger partial charge in [0.2, 0.25) is 5.69 Å². The zero-order chi connectivity index (χ0) is 20.5. The third kappa shape index (κ3) is 4.17. The Hall–Kier alpha value is -2.35. The number of carbonyl (C=O) groups is 1. The van der Waals surface area contributed by atoms with Crippen molar-refractivity contribution in [2.45, 2.75) is 19.3 Å². The standard InChI is InChI=1S/C23H26NO4.HI/c1-23(2)18-11-8-16(22(25)28-6)13-19(18)24(3)21(23)12-9-15-7-10-17(26-4)14-20(15)27-5;/h7-14H,1-6H3;1H/q+1;/p-1/b12-9+;. The predicted molar refractivity (Wildman–Crippen MR) is 110 cm³/mol. The van der Waals surface area contributed by atoms with Crippen molar-refractivity contribution < 1.29 is 47.6 Å². The molecular weight excluding hydrogens is 481 g/mol. The average Bonchev–Trinajstić information content (AvgIpc) is 2.90. The van der Waals surface area contributed by atoms with Gasteiger partial charge in [-0.2, -0.15) is 4.58 Å². The number of hydrogen-bond acceptors (Lipinski definition) is 4. The zero-order valence-electron chi connectivity index (χ0n) is 17.6. The molecule has 0 saturated heterocycles. The molecule has 0 spiro atoms. The number of hydrogen-bond donors (Lipinski definition) is 0. The molecule has 2 aromatic rings. The van der Waals surface area contributed by atoms with Crippen molar-refractivity contribution >= 4 is 23.4 Å². The SMILES string of the molecule is COC(=O)c1ccc2c(c1)[N+](C)=C(/C=C/c1ccc(OC)cc1OC)C2(C)C.[I-]. The summed E-state index contributed by atoms with van der Waals surface area (Å²) < 4.78 is 17.7. The fourth-order valence-electron chi connectivity index (χ4n) is 3.71. The maximum absolute atomic E-state index is 11.9. The fourth-order valence-corrected chi connectivity index (χ4v) is 3.71. The Balaban J connectivity index is 0.00000300. The first-order valence-electron chi connectivity index (χ1n) is 9.07. The van der Waals surface area contributed by atoms with E-state index in [0.29, 0.717) is 5.56 Å². The third-order valence-corrected chi connectivity index (χ3v) is 5.32. The van der Waals surface area contributed by atoms with Crippen molar-refractivity contribution in [3.05, 3.63) is 59.2 Å². The number of allylic oxidation sites excluding steroid dienone is 1. The first kappa shape index (κ1) is 22.9. The highest BCUT2D eigenvalue weighted by Gasteiger charge is 2.43. The van der Waals surface area contributed by atoms with Gasteiger partial charge in [-0.15, -0.1) is 0 Å². The summed E-state index contributed by atoms with van der Waals surface area (Å²) in [6.07, 6.45) is 4.14. The highest BCUT2D eigenvalue weighted by atomic mass is 127. The first-order valence-corrected chi connectivity index (χ1v) is 9.07. The van der Waals surface area contributed by atoms with Gasteiger partial charge in [0.05, 0.1) is 32.3 Å². The van der Waals surface area contributed by atoms with Gasteiger partial charge in [-0.25, -0.2) is 4.79 Å². The van der Waals surface area contributed by atoms with Crippen LogP contribution >= 0.6 is 0 Å². The number of halogens is 1. The summed E-state index contributed by atoms with van der Waals surface area (Å²) >= 11 is 0. The molecule has 3 rings (SSSR count). The largest absolute Gasteiger partial charge is 1.00 e. The van der Waals surface area contributed by atoms with Crippen LogP contribution in [0.1, 0.15) is 35.3 Å². The monoisotopic (exact) mass is 507 g/mol. The number of carbonyl (C=O) groups excluding carboxylic acids is 1. The van der Waals surface area contributed by atoms with E-state index in [9.17, 15) is 4.79 Å². The van der Waals surface area contributed by atoms with Crippen molar-refractivity contribution in [1.29, 1.82) is 0 Å². The van der Waals surface area contributed by atoms with Crippen LogP contribution in [-0.4, -0.2) is 44.6 Å². The molecule has 0 aromatic heterocycles. The highest BCUT2D eigenvalue weighted by molar-refractivity contribution is 6.06. The first-order chi connectivity index (χ1) is 13.3. The summed E-state index contributed by atoms with van der Waals surface area (Å²) in [7, 11) is 6.69. The molecule has 1 heterocycles. The second kappa shape index (κ2) is 8.98. The molecule has 1 aliphatic rings. The molecule has 154 valence electrons. The molecule has 0 amide bonds. The number of ether oxygens (including phenoxy) is 3. The number of benzene rings is 2. The van der Waals surface area contributed by atoms with Crippen LogP contribution in [0.15, 0.2) is 42.5 Å². The van der Waals surface area contributed by atoms with Crippen LogP contribution < -0.4 is 33.5 Å². The van der Waals surface area contributed by atoms with Crippen LogP contribution in [0, 0.1) is 0 Å². The van der Waals surface area contributed by atoms with Gasteiger partial charge in [-0.05, 0) is 38.1 Å². The molecule has 0 bridgehead atoms. The Morgan fingerprint density at radius 1 is 1.00 bits per heavy atom. The number of fused-ring (bicyclic) bond motifs is 1. The minimum atomic E-state index is -0.332. The minimum Gasteiger partial charge on any atom is -1.00 e. The smallest absolute Gasteiger partial charge is 0.338 e. The van der Waals surface area contributed by atoms with Crippen molar-refractivity contribution in [2.75, 3.05) is 28.4 Å². The Morgan fingerprint density at radius 2 is 1.72 bits per heavy atom. The summed E-state index contributed by atoms with van der Waals surface area (Å²) in [5, 5.41) is 0. The molecule has 0 fully saturated rings. The van der Waals surface area contributed by atoms with Gasteiger partial charge in [0.25, 0.3) is 0 Å². The van der Waals surface area contributed by atoms with E-state index in [1.165, 1.54) is 12.7 Å². The quantitative estimate of drug-likeness (QED) is 0.347. The average molecular weight is 507 g/mol. The summed E-state index contributed by atoms with van der Waals surface area (Å²) in [4.78, 5) is 11.9.